The molecule has 7 nitrogen and oxygen atoms in total. The van der Waals surface area contributed by atoms with Crippen molar-refractivity contribution in [2.24, 2.45) is 0 Å². The molecule has 3 aliphatic rings. The van der Waals surface area contributed by atoms with Crippen molar-refractivity contribution in [3.63, 3.8) is 0 Å². The number of amides is 2. The average Bonchev–Trinajstić information content (AvgIpc) is 3.17. The number of nitrogens with zero attached hydrogens (tertiary/aromatic N) is 2. The van der Waals surface area contributed by atoms with Crippen LogP contribution in [0.2, 0.25) is 0 Å². The molecule has 2 amide bonds. The molecule has 0 bridgehead atoms. The van der Waals surface area contributed by atoms with Crippen molar-refractivity contribution in [3.8, 4) is 5.75 Å². The third-order valence-corrected chi connectivity index (χ3v) is 6.23. The lowest BCUT2D eigenvalue weighted by atomic mass is 9.86. The number of hydrogen-bond acceptors (Lipinski definition) is 5. The van der Waals surface area contributed by atoms with Gasteiger partial charge in [0.1, 0.15) is 5.75 Å². The molecule has 0 N–H and O–H groups in total. The normalized spacial score (nSPS) is 21.0. The zero-order chi connectivity index (χ0) is 21.4. The van der Waals surface area contributed by atoms with Crippen molar-refractivity contribution in [2.45, 2.75) is 57.7 Å². The first-order chi connectivity index (χ1) is 14.3. The van der Waals surface area contributed by atoms with Gasteiger partial charge >= 0.3 is 0 Å². The highest BCUT2D eigenvalue weighted by molar-refractivity contribution is 5.98. The van der Waals surface area contributed by atoms with Crippen LogP contribution < -0.4 is 9.64 Å². The van der Waals surface area contributed by atoms with Gasteiger partial charge in [-0.25, -0.2) is 0 Å². The van der Waals surface area contributed by atoms with E-state index >= 15 is 0 Å². The Morgan fingerprint density at radius 2 is 1.83 bits per heavy atom. The van der Waals surface area contributed by atoms with E-state index in [2.05, 4.69) is 26.8 Å². The summed E-state index contributed by atoms with van der Waals surface area (Å²) >= 11 is 0. The molecule has 7 heteroatoms. The standard InChI is InChI=1S/C23H32N2O5/c1-22(2,3)17-6-7-19-18(15-17)25(21(27)16-28-19)10-4-5-20(26)24-11-8-23(9-12-24)29-13-14-30-23/h6-7,15H,4-5,8-14,16H2,1-3H3. The van der Waals surface area contributed by atoms with Gasteiger partial charge < -0.3 is 24.0 Å². The van der Waals surface area contributed by atoms with Gasteiger partial charge in [-0.05, 0) is 29.5 Å². The maximum Gasteiger partial charge on any atom is 0.265 e. The van der Waals surface area contributed by atoms with Gasteiger partial charge in [0.05, 0.1) is 18.9 Å². The van der Waals surface area contributed by atoms with Crippen LogP contribution in [0, 0.1) is 0 Å². The smallest absolute Gasteiger partial charge is 0.265 e. The number of carbonyl (C=O) groups excluding carboxylic acids is 2. The molecule has 0 saturated carbocycles. The highest BCUT2D eigenvalue weighted by Crippen LogP contribution is 2.36. The first-order valence-corrected chi connectivity index (χ1v) is 10.9. The van der Waals surface area contributed by atoms with Gasteiger partial charge in [0.25, 0.3) is 5.91 Å². The fourth-order valence-corrected chi connectivity index (χ4v) is 4.34. The minimum atomic E-state index is -0.467. The summed E-state index contributed by atoms with van der Waals surface area (Å²) in [6.45, 7) is 9.59. The molecule has 1 aromatic rings. The van der Waals surface area contributed by atoms with Gasteiger partial charge in [0.2, 0.25) is 5.91 Å². The van der Waals surface area contributed by atoms with Crippen LogP contribution in [0.3, 0.4) is 0 Å². The summed E-state index contributed by atoms with van der Waals surface area (Å²) < 4.78 is 17.1. The van der Waals surface area contributed by atoms with Crippen LogP contribution >= 0.6 is 0 Å². The predicted molar refractivity (Wildman–Crippen MR) is 113 cm³/mol. The highest BCUT2D eigenvalue weighted by Gasteiger charge is 2.40. The summed E-state index contributed by atoms with van der Waals surface area (Å²) in [4.78, 5) is 28.9. The van der Waals surface area contributed by atoms with Gasteiger partial charge in [0, 0.05) is 38.9 Å². The van der Waals surface area contributed by atoms with E-state index in [1.807, 2.05) is 17.0 Å². The minimum Gasteiger partial charge on any atom is -0.482 e. The number of rotatable bonds is 4. The summed E-state index contributed by atoms with van der Waals surface area (Å²) in [5.41, 5.74) is 1.94. The van der Waals surface area contributed by atoms with Crippen LogP contribution in [-0.2, 0) is 24.5 Å². The Balaban J connectivity index is 1.34. The zero-order valence-corrected chi connectivity index (χ0v) is 18.2. The van der Waals surface area contributed by atoms with Crippen LogP contribution in [0.25, 0.3) is 0 Å². The van der Waals surface area contributed by atoms with Crippen molar-refractivity contribution in [1.82, 2.24) is 4.90 Å². The lowest BCUT2D eigenvalue weighted by Crippen LogP contribution is -2.47. The fourth-order valence-electron chi connectivity index (χ4n) is 4.34. The van der Waals surface area contributed by atoms with Gasteiger partial charge in [-0.2, -0.15) is 0 Å². The average molecular weight is 417 g/mol. The molecule has 0 unspecified atom stereocenters. The molecule has 0 aromatic heterocycles. The quantitative estimate of drug-likeness (QED) is 0.755. The highest BCUT2D eigenvalue weighted by atomic mass is 16.7. The van der Waals surface area contributed by atoms with Crippen LogP contribution in [0.1, 0.15) is 52.0 Å². The molecule has 2 fully saturated rings. The number of benzene rings is 1. The number of hydrogen-bond donors (Lipinski definition) is 0. The van der Waals surface area contributed by atoms with Gasteiger partial charge in [-0.1, -0.05) is 26.8 Å². The molecule has 2 saturated heterocycles. The molecule has 164 valence electrons. The molecule has 1 spiro atoms. The number of ether oxygens (including phenoxy) is 3. The predicted octanol–water partition coefficient (Wildman–Crippen LogP) is 2.86. The Bertz CT molecular complexity index is 800. The van der Waals surface area contributed by atoms with Crippen molar-refractivity contribution in [1.29, 1.82) is 0 Å². The number of piperidine rings is 1. The monoisotopic (exact) mass is 416 g/mol. The van der Waals surface area contributed by atoms with E-state index in [4.69, 9.17) is 14.2 Å². The first kappa shape index (κ1) is 21.1. The second-order valence-electron chi connectivity index (χ2n) is 9.36. The third kappa shape index (κ3) is 4.32. The van der Waals surface area contributed by atoms with E-state index in [0.29, 0.717) is 45.7 Å². The second-order valence-corrected chi connectivity index (χ2v) is 9.36. The Labute approximate surface area is 178 Å². The van der Waals surface area contributed by atoms with E-state index in [9.17, 15) is 9.59 Å². The lowest BCUT2D eigenvalue weighted by Gasteiger charge is -2.37. The summed E-state index contributed by atoms with van der Waals surface area (Å²) in [5, 5.41) is 0. The van der Waals surface area contributed by atoms with Gasteiger partial charge in [-0.15, -0.1) is 0 Å². The maximum absolute atomic E-state index is 12.7. The van der Waals surface area contributed by atoms with E-state index in [1.54, 1.807) is 4.90 Å². The molecule has 0 atom stereocenters. The summed E-state index contributed by atoms with van der Waals surface area (Å²) in [7, 11) is 0. The van der Waals surface area contributed by atoms with Crippen LogP contribution in [0.5, 0.6) is 5.75 Å². The van der Waals surface area contributed by atoms with E-state index < -0.39 is 5.79 Å². The molecule has 0 radical (unpaired) electrons. The zero-order valence-electron chi connectivity index (χ0n) is 18.2. The van der Waals surface area contributed by atoms with Crippen molar-refractivity contribution in [3.05, 3.63) is 23.8 Å². The van der Waals surface area contributed by atoms with Crippen molar-refractivity contribution < 1.29 is 23.8 Å². The maximum atomic E-state index is 12.7. The SMILES string of the molecule is CC(C)(C)c1ccc2c(c1)N(CCCC(=O)N1CCC3(CC1)OCCO3)C(=O)CO2. The third-order valence-electron chi connectivity index (χ3n) is 6.23. The van der Waals surface area contributed by atoms with Crippen LogP contribution in [0.15, 0.2) is 18.2 Å². The molecule has 4 rings (SSSR count). The summed E-state index contributed by atoms with van der Waals surface area (Å²) in [6, 6.07) is 6.04. The van der Waals surface area contributed by atoms with E-state index in [0.717, 1.165) is 29.8 Å². The van der Waals surface area contributed by atoms with Crippen molar-refractivity contribution >= 4 is 17.5 Å². The molecule has 1 aromatic carbocycles. The number of fused-ring (bicyclic) bond motifs is 1. The Morgan fingerprint density at radius 3 is 2.50 bits per heavy atom. The molecule has 3 heterocycles. The Hall–Kier alpha value is -2.12. The molecular weight excluding hydrogens is 384 g/mol. The topological polar surface area (TPSA) is 68.3 Å². The van der Waals surface area contributed by atoms with Crippen LogP contribution in [-0.4, -0.2) is 62.0 Å². The van der Waals surface area contributed by atoms with Crippen LogP contribution in [0.4, 0.5) is 5.69 Å². The van der Waals surface area contributed by atoms with Gasteiger partial charge in [-0.3, -0.25) is 9.59 Å². The molecule has 30 heavy (non-hydrogen) atoms. The molecular formula is C23H32N2O5. The lowest BCUT2D eigenvalue weighted by molar-refractivity contribution is -0.187. The van der Waals surface area contributed by atoms with Gasteiger partial charge in [0.15, 0.2) is 12.4 Å². The Morgan fingerprint density at radius 1 is 1.13 bits per heavy atom. The number of carbonyl (C=O) groups is 2. The molecule has 0 aliphatic carbocycles. The fraction of sp³-hybridized carbons (Fsp3) is 0.652. The minimum absolute atomic E-state index is 0.0183. The van der Waals surface area contributed by atoms with Crippen molar-refractivity contribution in [2.75, 3.05) is 44.4 Å². The van der Waals surface area contributed by atoms with E-state index in [-0.39, 0.29) is 23.8 Å². The summed E-state index contributed by atoms with van der Waals surface area (Å²) in [5.74, 6) is 0.335. The summed E-state index contributed by atoms with van der Waals surface area (Å²) in [6.07, 6.45) is 2.50. The number of likely N-dealkylation sites (tertiary alicyclic amines) is 1. The largest absolute Gasteiger partial charge is 0.482 e. The number of anilines is 1. The van der Waals surface area contributed by atoms with E-state index in [1.165, 1.54) is 0 Å². The first-order valence-electron chi connectivity index (χ1n) is 10.9. The molecule has 3 aliphatic heterocycles. The Kier molecular flexibility index (Phi) is 5.77. The second kappa shape index (κ2) is 8.19.